The van der Waals surface area contributed by atoms with E-state index in [0.717, 1.165) is 23.1 Å². The molecule has 94 valence electrons. The molecule has 0 unspecified atom stereocenters. The van der Waals surface area contributed by atoms with E-state index >= 15 is 0 Å². The molecular weight excluding hydrogens is 216 g/mol. The molecule has 0 heterocycles. The lowest BCUT2D eigenvalue weighted by molar-refractivity contribution is -0.150. The lowest BCUT2D eigenvalue weighted by Gasteiger charge is -2.16. The molecule has 0 aliphatic heterocycles. The Morgan fingerprint density at radius 3 is 2.41 bits per heavy atom. The van der Waals surface area contributed by atoms with Crippen LogP contribution < -0.4 is 0 Å². The normalized spacial score (nSPS) is 12.4. The highest BCUT2D eigenvalue weighted by atomic mass is 16.5. The number of hydrogen-bond acceptors (Lipinski definition) is 2. The topological polar surface area (TPSA) is 46.5 Å². The lowest BCUT2D eigenvalue weighted by Crippen LogP contribution is -2.27. The van der Waals surface area contributed by atoms with Crippen LogP contribution in [0.2, 0.25) is 0 Å². The van der Waals surface area contributed by atoms with E-state index in [1.54, 1.807) is 0 Å². The molecule has 0 aliphatic rings. The summed E-state index contributed by atoms with van der Waals surface area (Å²) in [6.07, 6.45) is 0.527. The second kappa shape index (κ2) is 6.40. The fraction of sp³-hybridized carbons (Fsp3) is 0.500. The van der Waals surface area contributed by atoms with Gasteiger partial charge in [-0.1, -0.05) is 25.1 Å². The zero-order valence-electron chi connectivity index (χ0n) is 10.7. The summed E-state index contributed by atoms with van der Waals surface area (Å²) in [5.74, 6) is -0.888. The van der Waals surface area contributed by atoms with Crippen molar-refractivity contribution in [3.63, 3.8) is 0 Å². The van der Waals surface area contributed by atoms with Crippen LogP contribution in [0.3, 0.4) is 0 Å². The highest BCUT2D eigenvalue weighted by molar-refractivity contribution is 5.73. The molecule has 1 aromatic rings. The van der Waals surface area contributed by atoms with Gasteiger partial charge in [-0.2, -0.15) is 0 Å². The molecule has 0 amide bonds. The number of benzene rings is 1. The smallest absolute Gasteiger partial charge is 0.333 e. The van der Waals surface area contributed by atoms with E-state index in [-0.39, 0.29) is 0 Å². The molecule has 1 aromatic carbocycles. The van der Waals surface area contributed by atoms with Crippen LogP contribution in [0.5, 0.6) is 0 Å². The largest absolute Gasteiger partial charge is 0.479 e. The number of hydrogen-bond donors (Lipinski definition) is 1. The Balaban J connectivity index is 2.82. The van der Waals surface area contributed by atoms with Crippen LogP contribution in [0.1, 0.15) is 30.0 Å². The minimum atomic E-state index is -0.888. The number of aliphatic carboxylic acids is 1. The van der Waals surface area contributed by atoms with Gasteiger partial charge in [0.05, 0.1) is 0 Å². The number of carboxylic acids is 1. The first kappa shape index (κ1) is 13.7. The molecule has 0 radical (unpaired) electrons. The van der Waals surface area contributed by atoms with Gasteiger partial charge >= 0.3 is 5.97 Å². The minimum absolute atomic E-state index is 0.438. The Bertz CT molecular complexity index is 365. The van der Waals surface area contributed by atoms with Gasteiger partial charge < -0.3 is 9.84 Å². The summed E-state index contributed by atoms with van der Waals surface area (Å²) in [4.78, 5) is 11.1. The van der Waals surface area contributed by atoms with Gasteiger partial charge in [0.1, 0.15) is 0 Å². The SMILES string of the molecule is CCCO[C@@H](Cc1c(C)cccc1C)C(=O)O. The van der Waals surface area contributed by atoms with Gasteiger partial charge in [-0.25, -0.2) is 4.79 Å². The molecule has 0 spiro atoms. The standard InChI is InChI=1S/C14H20O3/c1-4-8-17-13(14(15)16)9-12-10(2)6-5-7-11(12)3/h5-7,13H,4,8-9H2,1-3H3,(H,15,16)/t13-/m0/s1. The first-order chi connectivity index (χ1) is 8.06. The van der Waals surface area contributed by atoms with Crippen molar-refractivity contribution in [2.45, 2.75) is 39.7 Å². The van der Waals surface area contributed by atoms with E-state index in [4.69, 9.17) is 9.84 Å². The highest BCUT2D eigenvalue weighted by Gasteiger charge is 2.20. The second-order valence-electron chi connectivity index (χ2n) is 4.27. The van der Waals surface area contributed by atoms with Crippen molar-refractivity contribution >= 4 is 5.97 Å². The molecule has 1 rings (SSSR count). The van der Waals surface area contributed by atoms with Crippen molar-refractivity contribution < 1.29 is 14.6 Å². The van der Waals surface area contributed by atoms with E-state index in [1.807, 2.05) is 39.0 Å². The fourth-order valence-corrected chi connectivity index (χ4v) is 1.83. The second-order valence-corrected chi connectivity index (χ2v) is 4.27. The van der Waals surface area contributed by atoms with E-state index in [1.165, 1.54) is 0 Å². The summed E-state index contributed by atoms with van der Waals surface area (Å²) in [5, 5.41) is 9.12. The first-order valence-corrected chi connectivity index (χ1v) is 5.95. The van der Waals surface area contributed by atoms with Crippen molar-refractivity contribution in [2.24, 2.45) is 0 Å². The summed E-state index contributed by atoms with van der Waals surface area (Å²) in [6.45, 7) is 6.46. The third-order valence-corrected chi connectivity index (χ3v) is 2.83. The molecule has 1 atom stereocenters. The highest BCUT2D eigenvalue weighted by Crippen LogP contribution is 2.16. The molecule has 0 aliphatic carbocycles. The summed E-state index contributed by atoms with van der Waals surface area (Å²) >= 11 is 0. The van der Waals surface area contributed by atoms with Gasteiger partial charge in [-0.3, -0.25) is 0 Å². The van der Waals surface area contributed by atoms with Crippen molar-refractivity contribution in [2.75, 3.05) is 6.61 Å². The average Bonchev–Trinajstić information content (AvgIpc) is 2.27. The molecule has 0 bridgehead atoms. The van der Waals surface area contributed by atoms with E-state index < -0.39 is 12.1 Å². The van der Waals surface area contributed by atoms with Gasteiger partial charge in [0.25, 0.3) is 0 Å². The van der Waals surface area contributed by atoms with Crippen LogP contribution in [0.15, 0.2) is 18.2 Å². The van der Waals surface area contributed by atoms with E-state index in [0.29, 0.717) is 13.0 Å². The molecule has 0 saturated carbocycles. The first-order valence-electron chi connectivity index (χ1n) is 5.95. The quantitative estimate of drug-likeness (QED) is 0.826. The van der Waals surface area contributed by atoms with Crippen molar-refractivity contribution in [1.82, 2.24) is 0 Å². The third-order valence-electron chi connectivity index (χ3n) is 2.83. The predicted molar refractivity (Wildman–Crippen MR) is 67.3 cm³/mol. The summed E-state index contributed by atoms with van der Waals surface area (Å²) in [6, 6.07) is 5.99. The zero-order valence-corrected chi connectivity index (χ0v) is 10.7. The Morgan fingerprint density at radius 2 is 1.94 bits per heavy atom. The maximum absolute atomic E-state index is 11.1. The van der Waals surface area contributed by atoms with E-state index in [9.17, 15) is 4.79 Å². The maximum atomic E-state index is 11.1. The molecule has 1 N–H and O–H groups in total. The predicted octanol–water partition coefficient (Wildman–Crippen LogP) is 2.73. The Morgan fingerprint density at radius 1 is 1.35 bits per heavy atom. The molecule has 17 heavy (non-hydrogen) atoms. The van der Waals surface area contributed by atoms with Gasteiger partial charge in [0.15, 0.2) is 6.10 Å². The molecular formula is C14H20O3. The van der Waals surface area contributed by atoms with Gasteiger partial charge in [0, 0.05) is 13.0 Å². The molecule has 0 aromatic heterocycles. The monoisotopic (exact) mass is 236 g/mol. The van der Waals surface area contributed by atoms with E-state index in [2.05, 4.69) is 0 Å². The number of carboxylic acid groups (broad SMARTS) is 1. The zero-order chi connectivity index (χ0) is 12.8. The summed E-state index contributed by atoms with van der Waals surface area (Å²) in [5.41, 5.74) is 3.32. The maximum Gasteiger partial charge on any atom is 0.333 e. The van der Waals surface area contributed by atoms with Crippen LogP contribution in [-0.2, 0) is 16.0 Å². The number of rotatable bonds is 6. The molecule has 3 nitrogen and oxygen atoms in total. The van der Waals surface area contributed by atoms with Crippen LogP contribution in [0.25, 0.3) is 0 Å². The minimum Gasteiger partial charge on any atom is -0.479 e. The van der Waals surface area contributed by atoms with Gasteiger partial charge in [-0.05, 0) is 37.0 Å². The molecule has 0 saturated heterocycles. The van der Waals surface area contributed by atoms with Crippen molar-refractivity contribution in [3.8, 4) is 0 Å². The Hall–Kier alpha value is -1.35. The lowest BCUT2D eigenvalue weighted by atomic mass is 9.97. The summed E-state index contributed by atoms with van der Waals surface area (Å²) < 4.78 is 5.37. The number of ether oxygens (including phenoxy) is 1. The molecule has 3 heteroatoms. The number of aryl methyl sites for hydroxylation is 2. The Kier molecular flexibility index (Phi) is 5.16. The van der Waals surface area contributed by atoms with Crippen LogP contribution in [0.4, 0.5) is 0 Å². The van der Waals surface area contributed by atoms with Gasteiger partial charge in [-0.15, -0.1) is 0 Å². The fourth-order valence-electron chi connectivity index (χ4n) is 1.83. The van der Waals surface area contributed by atoms with Crippen molar-refractivity contribution in [3.05, 3.63) is 34.9 Å². The van der Waals surface area contributed by atoms with Crippen LogP contribution in [-0.4, -0.2) is 23.8 Å². The van der Waals surface area contributed by atoms with Crippen molar-refractivity contribution in [1.29, 1.82) is 0 Å². The summed E-state index contributed by atoms with van der Waals surface area (Å²) in [7, 11) is 0. The average molecular weight is 236 g/mol. The Labute approximate surface area is 102 Å². The van der Waals surface area contributed by atoms with Crippen LogP contribution >= 0.6 is 0 Å². The van der Waals surface area contributed by atoms with Crippen LogP contribution in [0, 0.1) is 13.8 Å². The number of carbonyl (C=O) groups is 1. The molecule has 0 fully saturated rings. The third kappa shape index (κ3) is 3.86. The van der Waals surface area contributed by atoms with Gasteiger partial charge in [0.2, 0.25) is 0 Å².